The van der Waals surface area contributed by atoms with E-state index in [2.05, 4.69) is 16.0 Å². The van der Waals surface area contributed by atoms with Crippen LogP contribution in [0.4, 0.5) is 0 Å². The van der Waals surface area contributed by atoms with Crippen LogP contribution in [0.5, 0.6) is 0 Å². The summed E-state index contributed by atoms with van der Waals surface area (Å²) >= 11 is 0. The Balaban J connectivity index is 2.58. The van der Waals surface area contributed by atoms with Gasteiger partial charge in [0.2, 0.25) is 0 Å². The average Bonchev–Trinajstić information content (AvgIpc) is 2.30. The number of nitrogens with zero attached hydrogens (tertiary/aromatic N) is 3. The van der Waals surface area contributed by atoms with Crippen LogP contribution in [0, 0.1) is 17.4 Å². The van der Waals surface area contributed by atoms with Gasteiger partial charge < -0.3 is 0 Å². The van der Waals surface area contributed by atoms with Crippen molar-refractivity contribution in [1.29, 1.82) is 5.26 Å². The van der Waals surface area contributed by atoms with Crippen molar-refractivity contribution >= 4 is 0 Å². The summed E-state index contributed by atoms with van der Waals surface area (Å²) < 4.78 is 0. The van der Waals surface area contributed by atoms with E-state index in [0.29, 0.717) is 11.4 Å². The maximum Gasteiger partial charge on any atom is 0.166 e. The molecule has 1 aromatic heterocycles. The molecule has 1 radical (unpaired) electrons. The lowest BCUT2D eigenvalue weighted by molar-refractivity contribution is 1.17. The summed E-state index contributed by atoms with van der Waals surface area (Å²) in [6.45, 7) is 0. The first-order chi connectivity index (χ1) is 6.92. The summed E-state index contributed by atoms with van der Waals surface area (Å²) in [5.41, 5.74) is 1.80. The van der Waals surface area contributed by atoms with Crippen molar-refractivity contribution in [2.24, 2.45) is 0 Å². The third kappa shape index (κ3) is 1.46. The zero-order chi connectivity index (χ0) is 9.80. The van der Waals surface area contributed by atoms with Gasteiger partial charge in [0.05, 0.1) is 0 Å². The van der Waals surface area contributed by atoms with Crippen LogP contribution in [0.3, 0.4) is 0 Å². The van der Waals surface area contributed by atoms with Gasteiger partial charge in [-0.3, -0.25) is 4.98 Å². The summed E-state index contributed by atoms with van der Waals surface area (Å²) in [7, 11) is 0. The molecule has 65 valence electrons. The van der Waals surface area contributed by atoms with Crippen LogP contribution in [0.15, 0.2) is 36.7 Å². The first-order valence-electron chi connectivity index (χ1n) is 4.09. The van der Waals surface area contributed by atoms with E-state index in [1.54, 1.807) is 18.3 Å². The van der Waals surface area contributed by atoms with E-state index in [-0.39, 0.29) is 0 Å². The molecule has 0 aliphatic heterocycles. The molecule has 2 aromatic rings. The molecule has 0 aliphatic carbocycles. The molecule has 1 aromatic carbocycles. The number of rotatable bonds is 1. The van der Waals surface area contributed by atoms with Crippen molar-refractivity contribution in [1.82, 2.24) is 9.97 Å². The number of aromatic nitrogens is 2. The molecule has 3 heteroatoms. The van der Waals surface area contributed by atoms with Crippen molar-refractivity contribution in [2.45, 2.75) is 0 Å². The van der Waals surface area contributed by atoms with Gasteiger partial charge in [-0.05, 0) is 12.1 Å². The minimum absolute atomic E-state index is 0.340. The van der Waals surface area contributed by atoms with E-state index < -0.39 is 0 Å². The Bertz CT molecular complexity index is 471. The second kappa shape index (κ2) is 3.67. The Hall–Kier alpha value is -2.21. The van der Waals surface area contributed by atoms with Crippen LogP contribution in [-0.4, -0.2) is 9.97 Å². The summed E-state index contributed by atoms with van der Waals surface area (Å²) in [5, 5.41) is 8.82. The molecule has 0 atom stereocenters. The number of benzene rings is 1. The van der Waals surface area contributed by atoms with Crippen LogP contribution in [-0.2, 0) is 0 Å². The van der Waals surface area contributed by atoms with E-state index >= 15 is 0 Å². The van der Waals surface area contributed by atoms with Gasteiger partial charge in [0.15, 0.2) is 5.69 Å². The fraction of sp³-hybridized carbons (Fsp3) is 0. The Labute approximate surface area is 81.7 Å². The number of hydrogen-bond donors (Lipinski definition) is 0. The maximum atomic E-state index is 8.82. The fourth-order valence-corrected chi connectivity index (χ4v) is 1.17. The molecule has 0 bridgehead atoms. The lowest BCUT2D eigenvalue weighted by atomic mass is 10.1. The van der Waals surface area contributed by atoms with Crippen molar-refractivity contribution in [3.8, 4) is 17.3 Å². The number of hydrogen-bond acceptors (Lipinski definition) is 3. The summed E-state index contributed by atoms with van der Waals surface area (Å²) in [6, 6.07) is 12.2. The summed E-state index contributed by atoms with van der Waals surface area (Å²) in [6.07, 6.45) is 3.08. The monoisotopic (exact) mass is 180 g/mol. The molecule has 1 heterocycles. The Kier molecular flexibility index (Phi) is 2.20. The van der Waals surface area contributed by atoms with Gasteiger partial charge in [0.25, 0.3) is 0 Å². The smallest absolute Gasteiger partial charge is 0.166 e. The average molecular weight is 180 g/mol. The minimum atomic E-state index is 0.340. The first kappa shape index (κ1) is 8.39. The highest BCUT2D eigenvalue weighted by Crippen LogP contribution is 2.17. The van der Waals surface area contributed by atoms with Crippen molar-refractivity contribution < 1.29 is 0 Å². The van der Waals surface area contributed by atoms with E-state index in [9.17, 15) is 0 Å². The second-order valence-corrected chi connectivity index (χ2v) is 2.66. The lowest BCUT2D eigenvalue weighted by Crippen LogP contribution is -1.91. The fourth-order valence-electron chi connectivity index (χ4n) is 1.17. The highest BCUT2D eigenvalue weighted by atomic mass is 14.8. The lowest BCUT2D eigenvalue weighted by Gasteiger charge is -1.99. The van der Waals surface area contributed by atoms with Gasteiger partial charge in [-0.1, -0.05) is 18.2 Å². The molecule has 0 fully saturated rings. The van der Waals surface area contributed by atoms with Crippen molar-refractivity contribution in [3.63, 3.8) is 0 Å². The first-order valence-corrected chi connectivity index (χ1v) is 4.09. The largest absolute Gasteiger partial charge is 0.252 e. The van der Waals surface area contributed by atoms with Crippen LogP contribution in [0.1, 0.15) is 5.69 Å². The molecular weight excluding hydrogens is 174 g/mol. The van der Waals surface area contributed by atoms with E-state index in [1.807, 2.05) is 18.2 Å². The summed E-state index contributed by atoms with van der Waals surface area (Å²) in [4.78, 5) is 8.05. The van der Waals surface area contributed by atoms with Crippen LogP contribution >= 0.6 is 0 Å². The van der Waals surface area contributed by atoms with Gasteiger partial charge >= 0.3 is 0 Å². The molecule has 3 nitrogen and oxygen atoms in total. The standard InChI is InChI=1S/C11H6N3/c12-8-10-11(14-7-6-13-10)9-4-2-1-3-5-9/h1-2,4-7H. The zero-order valence-corrected chi connectivity index (χ0v) is 7.31. The molecule has 0 N–H and O–H groups in total. The molecule has 0 unspecified atom stereocenters. The van der Waals surface area contributed by atoms with Crippen LogP contribution in [0.25, 0.3) is 11.3 Å². The highest BCUT2D eigenvalue weighted by molar-refractivity contribution is 5.63. The third-order valence-electron chi connectivity index (χ3n) is 1.78. The summed E-state index contributed by atoms with van der Waals surface area (Å²) in [5.74, 6) is 0. The van der Waals surface area contributed by atoms with E-state index in [1.165, 1.54) is 6.20 Å². The molecule has 0 spiro atoms. The Morgan fingerprint density at radius 3 is 2.86 bits per heavy atom. The topological polar surface area (TPSA) is 49.6 Å². The van der Waals surface area contributed by atoms with E-state index in [0.717, 1.165) is 5.56 Å². The molecule has 14 heavy (non-hydrogen) atoms. The molecule has 0 amide bonds. The predicted molar refractivity (Wildman–Crippen MR) is 51.0 cm³/mol. The molecule has 0 saturated heterocycles. The predicted octanol–water partition coefficient (Wildman–Crippen LogP) is 1.82. The highest BCUT2D eigenvalue weighted by Gasteiger charge is 2.05. The number of nitriles is 1. The van der Waals surface area contributed by atoms with Crippen molar-refractivity contribution in [2.75, 3.05) is 0 Å². The van der Waals surface area contributed by atoms with Gasteiger partial charge in [-0.15, -0.1) is 0 Å². The molecule has 2 rings (SSSR count). The maximum absolute atomic E-state index is 8.82. The Morgan fingerprint density at radius 2 is 2.14 bits per heavy atom. The van der Waals surface area contributed by atoms with Crippen LogP contribution in [0.2, 0.25) is 0 Å². The molecular formula is C11H6N3. The van der Waals surface area contributed by atoms with Gasteiger partial charge in [0.1, 0.15) is 11.8 Å². The second-order valence-electron chi connectivity index (χ2n) is 2.66. The van der Waals surface area contributed by atoms with Crippen LogP contribution < -0.4 is 0 Å². The Morgan fingerprint density at radius 1 is 1.29 bits per heavy atom. The molecule has 0 saturated carbocycles. The molecule has 0 aliphatic rings. The minimum Gasteiger partial charge on any atom is -0.252 e. The normalized spacial score (nSPS) is 9.36. The van der Waals surface area contributed by atoms with Gasteiger partial charge in [0, 0.05) is 18.0 Å². The SMILES string of the molecule is N#Cc1nccnc1-c1c[c]ccc1. The quantitative estimate of drug-likeness (QED) is 0.672. The van der Waals surface area contributed by atoms with Crippen molar-refractivity contribution in [3.05, 3.63) is 48.4 Å². The van der Waals surface area contributed by atoms with Gasteiger partial charge in [-0.2, -0.15) is 5.26 Å². The third-order valence-corrected chi connectivity index (χ3v) is 1.78. The zero-order valence-electron chi connectivity index (χ0n) is 7.31. The van der Waals surface area contributed by atoms with E-state index in [4.69, 9.17) is 5.26 Å². The van der Waals surface area contributed by atoms with Gasteiger partial charge in [-0.25, -0.2) is 4.98 Å².